The van der Waals surface area contributed by atoms with Crippen LogP contribution in [0.2, 0.25) is 0 Å². The van der Waals surface area contributed by atoms with Gasteiger partial charge in [-0.2, -0.15) is 4.72 Å². The molecule has 0 heterocycles. The molecule has 31 heavy (non-hydrogen) atoms. The molecule has 0 aliphatic rings. The molecule has 3 rings (SSSR count). The molecule has 1 amide bonds. The van der Waals surface area contributed by atoms with E-state index in [-0.39, 0.29) is 23.3 Å². The Morgan fingerprint density at radius 2 is 1.42 bits per heavy atom. The molecule has 2 atom stereocenters. The summed E-state index contributed by atoms with van der Waals surface area (Å²) in [5.41, 5.74) is 1.78. The maximum atomic E-state index is 13.1. The SMILES string of the molecule is C[C@H](NC(=O)[C@H](Cc1ccccc1)NS(=O)(=O)c1ccc(Br)cc1)c1ccc(Br)cc1. The van der Waals surface area contributed by atoms with Gasteiger partial charge in [0.15, 0.2) is 0 Å². The van der Waals surface area contributed by atoms with Crippen molar-refractivity contribution in [2.24, 2.45) is 0 Å². The number of carbonyl (C=O) groups excluding carboxylic acids is 1. The van der Waals surface area contributed by atoms with Gasteiger partial charge in [-0.1, -0.05) is 74.3 Å². The summed E-state index contributed by atoms with van der Waals surface area (Å²) in [6, 6.07) is 22.0. The monoisotopic (exact) mass is 564 g/mol. The summed E-state index contributed by atoms with van der Waals surface area (Å²) in [4.78, 5) is 13.2. The Hall–Kier alpha value is -2.00. The zero-order valence-electron chi connectivity index (χ0n) is 16.8. The number of carbonyl (C=O) groups is 1. The van der Waals surface area contributed by atoms with E-state index in [0.29, 0.717) is 0 Å². The van der Waals surface area contributed by atoms with Crippen molar-refractivity contribution in [3.8, 4) is 0 Å². The minimum absolute atomic E-state index is 0.0996. The molecule has 0 aliphatic carbocycles. The van der Waals surface area contributed by atoms with Crippen molar-refractivity contribution in [3.63, 3.8) is 0 Å². The van der Waals surface area contributed by atoms with E-state index in [2.05, 4.69) is 41.9 Å². The lowest BCUT2D eigenvalue weighted by molar-refractivity contribution is -0.123. The predicted molar refractivity (Wildman–Crippen MR) is 129 cm³/mol. The van der Waals surface area contributed by atoms with Gasteiger partial charge in [0, 0.05) is 8.95 Å². The second-order valence-electron chi connectivity index (χ2n) is 7.10. The largest absolute Gasteiger partial charge is 0.348 e. The highest BCUT2D eigenvalue weighted by Gasteiger charge is 2.27. The molecule has 0 spiro atoms. The van der Waals surface area contributed by atoms with Gasteiger partial charge >= 0.3 is 0 Å². The highest BCUT2D eigenvalue weighted by molar-refractivity contribution is 9.10. The predicted octanol–water partition coefficient (Wildman–Crippen LogP) is 4.98. The highest BCUT2D eigenvalue weighted by atomic mass is 79.9. The lowest BCUT2D eigenvalue weighted by Gasteiger charge is -2.22. The fraction of sp³-hybridized carbons (Fsp3) is 0.174. The van der Waals surface area contributed by atoms with Gasteiger partial charge in [0.1, 0.15) is 6.04 Å². The minimum atomic E-state index is -3.89. The maximum Gasteiger partial charge on any atom is 0.241 e. The van der Waals surface area contributed by atoms with Gasteiger partial charge in [-0.05, 0) is 60.9 Å². The van der Waals surface area contributed by atoms with Crippen LogP contribution in [-0.4, -0.2) is 20.4 Å². The normalized spacial score (nSPS) is 13.4. The van der Waals surface area contributed by atoms with Gasteiger partial charge in [-0.15, -0.1) is 0 Å². The molecule has 3 aromatic rings. The molecule has 0 radical (unpaired) electrons. The number of amides is 1. The van der Waals surface area contributed by atoms with Gasteiger partial charge in [0.05, 0.1) is 10.9 Å². The smallest absolute Gasteiger partial charge is 0.241 e. The van der Waals surface area contributed by atoms with E-state index in [1.165, 1.54) is 12.1 Å². The standard InChI is InChI=1S/C23H22Br2N2O3S/c1-16(18-7-9-19(24)10-8-18)26-23(28)22(15-17-5-3-2-4-6-17)27-31(29,30)21-13-11-20(25)12-14-21/h2-14,16,22,27H,15H2,1H3,(H,26,28)/t16-,22-/m0/s1. The third-order valence-corrected chi connectivity index (χ3v) is 7.29. The van der Waals surface area contributed by atoms with E-state index in [0.717, 1.165) is 20.1 Å². The molecule has 162 valence electrons. The molecule has 0 fully saturated rings. The Bertz CT molecular complexity index is 1120. The molecule has 2 N–H and O–H groups in total. The molecular formula is C23H22Br2N2O3S. The molecule has 0 bridgehead atoms. The zero-order valence-corrected chi connectivity index (χ0v) is 20.7. The average molecular weight is 566 g/mol. The van der Waals surface area contributed by atoms with Crippen molar-refractivity contribution >= 4 is 47.8 Å². The number of hydrogen-bond donors (Lipinski definition) is 2. The lowest BCUT2D eigenvalue weighted by Crippen LogP contribution is -2.48. The number of hydrogen-bond acceptors (Lipinski definition) is 3. The van der Waals surface area contributed by atoms with Crippen LogP contribution in [0.4, 0.5) is 0 Å². The fourth-order valence-corrected chi connectivity index (χ4v) is 4.78. The average Bonchev–Trinajstić information content (AvgIpc) is 2.74. The van der Waals surface area contributed by atoms with Crippen LogP contribution in [-0.2, 0) is 21.2 Å². The molecule has 0 saturated carbocycles. The second-order valence-corrected chi connectivity index (χ2v) is 10.6. The fourth-order valence-electron chi connectivity index (χ4n) is 3.06. The first-order chi connectivity index (χ1) is 14.7. The number of sulfonamides is 1. The highest BCUT2D eigenvalue weighted by Crippen LogP contribution is 2.18. The summed E-state index contributed by atoms with van der Waals surface area (Å²) in [7, 11) is -3.89. The summed E-state index contributed by atoms with van der Waals surface area (Å²) < 4.78 is 30.2. The molecular weight excluding hydrogens is 544 g/mol. The molecule has 8 heteroatoms. The van der Waals surface area contributed by atoms with E-state index in [1.807, 2.05) is 61.5 Å². The Morgan fingerprint density at radius 1 is 0.871 bits per heavy atom. The Balaban J connectivity index is 1.82. The first kappa shape index (κ1) is 23.7. The number of nitrogens with one attached hydrogen (secondary N) is 2. The molecule has 0 aliphatic heterocycles. The van der Waals surface area contributed by atoms with E-state index in [4.69, 9.17) is 0 Å². The van der Waals surface area contributed by atoms with E-state index in [1.54, 1.807) is 12.1 Å². The summed E-state index contributed by atoms with van der Waals surface area (Å²) in [6.45, 7) is 1.87. The molecule has 0 saturated heterocycles. The van der Waals surface area contributed by atoms with Crippen molar-refractivity contribution < 1.29 is 13.2 Å². The van der Waals surface area contributed by atoms with Crippen molar-refractivity contribution in [2.45, 2.75) is 30.3 Å². The Morgan fingerprint density at radius 3 is 2.00 bits per heavy atom. The summed E-state index contributed by atoms with van der Waals surface area (Å²) in [5.74, 6) is -0.389. The third-order valence-electron chi connectivity index (χ3n) is 4.75. The summed E-state index contributed by atoms with van der Waals surface area (Å²) >= 11 is 6.70. The van der Waals surface area contributed by atoms with E-state index >= 15 is 0 Å². The molecule has 3 aromatic carbocycles. The minimum Gasteiger partial charge on any atom is -0.348 e. The van der Waals surface area contributed by atoms with Gasteiger partial charge in [0.25, 0.3) is 0 Å². The van der Waals surface area contributed by atoms with E-state index in [9.17, 15) is 13.2 Å². The first-order valence-corrected chi connectivity index (χ1v) is 12.7. The van der Waals surface area contributed by atoms with Gasteiger partial charge < -0.3 is 5.32 Å². The van der Waals surface area contributed by atoms with Crippen LogP contribution in [0, 0.1) is 0 Å². The molecule has 0 unspecified atom stereocenters. The quantitative estimate of drug-likeness (QED) is 0.404. The van der Waals surface area contributed by atoms with Crippen LogP contribution in [0.15, 0.2) is 92.7 Å². The Labute approximate surface area is 199 Å². The van der Waals surface area contributed by atoms with Crippen molar-refractivity contribution in [1.29, 1.82) is 0 Å². The second kappa shape index (κ2) is 10.5. The van der Waals surface area contributed by atoms with Crippen LogP contribution >= 0.6 is 31.9 Å². The zero-order chi connectivity index (χ0) is 22.4. The number of halogens is 2. The van der Waals surface area contributed by atoms with Crippen LogP contribution in [0.1, 0.15) is 24.1 Å². The number of benzene rings is 3. The van der Waals surface area contributed by atoms with Crippen LogP contribution in [0.5, 0.6) is 0 Å². The summed E-state index contributed by atoms with van der Waals surface area (Å²) in [6.07, 6.45) is 0.232. The number of rotatable bonds is 8. The third kappa shape index (κ3) is 6.74. The van der Waals surface area contributed by atoms with Crippen LogP contribution < -0.4 is 10.0 Å². The topological polar surface area (TPSA) is 75.3 Å². The summed E-state index contributed by atoms with van der Waals surface area (Å²) in [5, 5.41) is 2.93. The van der Waals surface area contributed by atoms with Gasteiger partial charge in [0.2, 0.25) is 15.9 Å². The lowest BCUT2D eigenvalue weighted by atomic mass is 10.0. The van der Waals surface area contributed by atoms with Crippen LogP contribution in [0.25, 0.3) is 0 Å². The Kier molecular flexibility index (Phi) is 8.05. The van der Waals surface area contributed by atoms with Crippen molar-refractivity contribution in [3.05, 3.63) is 98.9 Å². The molecule has 0 aromatic heterocycles. The van der Waals surface area contributed by atoms with Gasteiger partial charge in [-0.3, -0.25) is 4.79 Å². The van der Waals surface area contributed by atoms with E-state index < -0.39 is 16.1 Å². The molecule has 5 nitrogen and oxygen atoms in total. The van der Waals surface area contributed by atoms with Crippen LogP contribution in [0.3, 0.4) is 0 Å². The van der Waals surface area contributed by atoms with Crippen molar-refractivity contribution in [2.75, 3.05) is 0 Å². The maximum absolute atomic E-state index is 13.1. The first-order valence-electron chi connectivity index (χ1n) is 9.62. The van der Waals surface area contributed by atoms with Crippen molar-refractivity contribution in [1.82, 2.24) is 10.0 Å². The van der Waals surface area contributed by atoms with Gasteiger partial charge in [-0.25, -0.2) is 8.42 Å².